The van der Waals surface area contributed by atoms with E-state index in [0.717, 1.165) is 12.0 Å². The molecule has 0 aliphatic rings. The molecule has 0 radical (unpaired) electrons. The monoisotopic (exact) mass is 177 g/mol. The van der Waals surface area contributed by atoms with Gasteiger partial charge in [0.1, 0.15) is 0 Å². The molecule has 1 aromatic rings. The van der Waals surface area contributed by atoms with Crippen LogP contribution in [0.3, 0.4) is 0 Å². The van der Waals surface area contributed by atoms with Crippen molar-refractivity contribution in [3.63, 3.8) is 0 Å². The molecule has 0 atom stereocenters. The molecule has 1 rings (SSSR count). The van der Waals surface area contributed by atoms with E-state index in [2.05, 4.69) is 0 Å². The van der Waals surface area contributed by atoms with Crippen LogP contribution in [0.15, 0.2) is 36.4 Å². The largest absolute Gasteiger partial charge is 0.269 e. The van der Waals surface area contributed by atoms with Gasteiger partial charge in [0.2, 0.25) is 0 Å². The van der Waals surface area contributed by atoms with Crippen LogP contribution in [-0.4, -0.2) is 4.92 Å². The highest BCUT2D eigenvalue weighted by atomic mass is 16.6. The van der Waals surface area contributed by atoms with Crippen molar-refractivity contribution in [2.75, 3.05) is 0 Å². The van der Waals surface area contributed by atoms with Crippen LogP contribution >= 0.6 is 0 Å². The first-order valence-corrected chi connectivity index (χ1v) is 4.08. The predicted octanol–water partition coefficient (Wildman–Crippen LogP) is 2.71. The number of hydrogen-bond donors (Lipinski definition) is 0. The van der Waals surface area contributed by atoms with Crippen LogP contribution in [0.25, 0.3) is 0 Å². The third kappa shape index (κ3) is 2.71. The lowest BCUT2D eigenvalue weighted by atomic mass is 10.1. The Hall–Kier alpha value is -1.64. The molecule has 0 unspecified atom stereocenters. The minimum absolute atomic E-state index is 0.155. The maximum Gasteiger partial charge on any atom is 0.269 e. The molecular formula is C10H11NO2. The van der Waals surface area contributed by atoms with E-state index < -0.39 is 0 Å². The van der Waals surface area contributed by atoms with Gasteiger partial charge in [-0.2, -0.15) is 0 Å². The fourth-order valence-electron chi connectivity index (χ4n) is 1.05. The molecule has 0 aromatic heterocycles. The van der Waals surface area contributed by atoms with Crippen molar-refractivity contribution in [2.24, 2.45) is 0 Å². The molecule has 0 N–H and O–H groups in total. The number of nitro groups is 1. The van der Waals surface area contributed by atoms with Crippen LogP contribution in [0.5, 0.6) is 0 Å². The number of nitrogens with zero attached hydrogens (tertiary/aromatic N) is 1. The van der Waals surface area contributed by atoms with E-state index in [1.807, 2.05) is 25.1 Å². The number of allylic oxidation sites excluding steroid dienone is 2. The highest BCUT2D eigenvalue weighted by Crippen LogP contribution is 2.13. The van der Waals surface area contributed by atoms with E-state index in [0.29, 0.717) is 0 Å². The summed E-state index contributed by atoms with van der Waals surface area (Å²) in [4.78, 5) is 10.0. The molecule has 0 aliphatic heterocycles. The van der Waals surface area contributed by atoms with Crippen LogP contribution in [-0.2, 0) is 6.42 Å². The molecule has 0 heterocycles. The molecule has 0 saturated carbocycles. The van der Waals surface area contributed by atoms with E-state index in [1.54, 1.807) is 12.1 Å². The van der Waals surface area contributed by atoms with Gasteiger partial charge in [0.15, 0.2) is 0 Å². The van der Waals surface area contributed by atoms with E-state index >= 15 is 0 Å². The molecule has 0 fully saturated rings. The Labute approximate surface area is 76.9 Å². The summed E-state index contributed by atoms with van der Waals surface area (Å²) >= 11 is 0. The lowest BCUT2D eigenvalue weighted by Crippen LogP contribution is -1.89. The van der Waals surface area contributed by atoms with Crippen molar-refractivity contribution in [3.05, 3.63) is 52.1 Å². The average molecular weight is 177 g/mol. The molecule has 0 saturated heterocycles. The topological polar surface area (TPSA) is 43.1 Å². The van der Waals surface area contributed by atoms with Gasteiger partial charge in [-0.1, -0.05) is 24.3 Å². The summed E-state index contributed by atoms with van der Waals surface area (Å²) in [6.45, 7) is 1.93. The smallest absolute Gasteiger partial charge is 0.258 e. The summed E-state index contributed by atoms with van der Waals surface area (Å²) in [5, 5.41) is 10.4. The second-order valence-corrected chi connectivity index (χ2v) is 2.70. The Kier molecular flexibility index (Phi) is 3.20. The van der Waals surface area contributed by atoms with Gasteiger partial charge in [-0.15, -0.1) is 0 Å². The summed E-state index contributed by atoms with van der Waals surface area (Å²) < 4.78 is 0. The predicted molar refractivity (Wildman–Crippen MR) is 51.6 cm³/mol. The minimum atomic E-state index is -0.376. The third-order valence-corrected chi connectivity index (χ3v) is 1.71. The Bertz CT molecular complexity index is 331. The van der Waals surface area contributed by atoms with Crippen molar-refractivity contribution in [3.8, 4) is 0 Å². The van der Waals surface area contributed by atoms with Gasteiger partial charge in [0.05, 0.1) is 4.92 Å². The van der Waals surface area contributed by atoms with Crippen molar-refractivity contribution >= 4 is 5.69 Å². The maximum absolute atomic E-state index is 10.4. The van der Waals surface area contributed by atoms with Gasteiger partial charge in [0, 0.05) is 12.1 Å². The van der Waals surface area contributed by atoms with E-state index in [-0.39, 0.29) is 10.6 Å². The zero-order valence-electron chi connectivity index (χ0n) is 7.43. The molecule has 0 aliphatic carbocycles. The highest BCUT2D eigenvalue weighted by Gasteiger charge is 2.03. The van der Waals surface area contributed by atoms with Gasteiger partial charge in [-0.25, -0.2) is 0 Å². The van der Waals surface area contributed by atoms with Crippen LogP contribution < -0.4 is 0 Å². The van der Waals surface area contributed by atoms with Crippen LogP contribution in [0.4, 0.5) is 5.69 Å². The number of nitro benzene ring substituents is 1. The zero-order valence-corrected chi connectivity index (χ0v) is 7.43. The van der Waals surface area contributed by atoms with E-state index in [4.69, 9.17) is 0 Å². The van der Waals surface area contributed by atoms with Gasteiger partial charge in [0.25, 0.3) is 5.69 Å². The molecule has 3 nitrogen and oxygen atoms in total. The molecule has 1 aromatic carbocycles. The molecule has 68 valence electrons. The molecule has 0 amide bonds. The first-order valence-electron chi connectivity index (χ1n) is 4.08. The van der Waals surface area contributed by atoms with Crippen LogP contribution in [0.2, 0.25) is 0 Å². The Balaban J connectivity index is 2.85. The van der Waals surface area contributed by atoms with Crippen molar-refractivity contribution in [1.29, 1.82) is 0 Å². The Morgan fingerprint density at radius 3 is 2.92 bits per heavy atom. The first kappa shape index (κ1) is 9.45. The summed E-state index contributed by atoms with van der Waals surface area (Å²) in [5.74, 6) is 0. The lowest BCUT2D eigenvalue weighted by molar-refractivity contribution is -0.384. The van der Waals surface area contributed by atoms with Crippen molar-refractivity contribution in [2.45, 2.75) is 13.3 Å². The van der Waals surface area contributed by atoms with Crippen molar-refractivity contribution in [1.82, 2.24) is 0 Å². The second-order valence-electron chi connectivity index (χ2n) is 2.70. The zero-order chi connectivity index (χ0) is 9.68. The summed E-state index contributed by atoms with van der Waals surface area (Å²) in [6.07, 6.45) is 4.65. The molecule has 0 bridgehead atoms. The quantitative estimate of drug-likeness (QED) is 0.404. The number of hydrogen-bond acceptors (Lipinski definition) is 2. The third-order valence-electron chi connectivity index (χ3n) is 1.71. The van der Waals surface area contributed by atoms with Gasteiger partial charge in [-0.05, 0) is 18.9 Å². The van der Waals surface area contributed by atoms with Crippen molar-refractivity contribution < 1.29 is 4.92 Å². The fraction of sp³-hybridized carbons (Fsp3) is 0.200. The summed E-state index contributed by atoms with van der Waals surface area (Å²) in [6, 6.07) is 6.68. The first-order chi connectivity index (χ1) is 6.24. The Morgan fingerprint density at radius 2 is 2.31 bits per heavy atom. The van der Waals surface area contributed by atoms with E-state index in [1.165, 1.54) is 6.07 Å². The number of non-ortho nitro benzene ring substituents is 1. The summed E-state index contributed by atoms with van der Waals surface area (Å²) in [5.41, 5.74) is 1.12. The molecule has 13 heavy (non-hydrogen) atoms. The van der Waals surface area contributed by atoms with Gasteiger partial charge in [-0.3, -0.25) is 10.1 Å². The van der Waals surface area contributed by atoms with Gasteiger partial charge < -0.3 is 0 Å². The van der Waals surface area contributed by atoms with Gasteiger partial charge >= 0.3 is 0 Å². The number of rotatable bonds is 3. The highest BCUT2D eigenvalue weighted by molar-refractivity contribution is 5.35. The number of benzene rings is 1. The lowest BCUT2D eigenvalue weighted by Gasteiger charge is -1.95. The molecule has 0 spiro atoms. The fourth-order valence-corrected chi connectivity index (χ4v) is 1.05. The molecule has 3 heteroatoms. The van der Waals surface area contributed by atoms with Crippen LogP contribution in [0.1, 0.15) is 12.5 Å². The maximum atomic E-state index is 10.4. The normalized spacial score (nSPS) is 10.5. The Morgan fingerprint density at radius 1 is 1.54 bits per heavy atom. The standard InChI is InChI=1S/C10H11NO2/c1-2-3-5-9-6-4-7-10(8-9)11(12)13/h2-4,6-8H,5H2,1H3. The molecular weight excluding hydrogens is 166 g/mol. The SMILES string of the molecule is CC=CCc1cccc([N+](=O)[O-])c1. The van der Waals surface area contributed by atoms with Crippen LogP contribution in [0, 0.1) is 10.1 Å². The van der Waals surface area contributed by atoms with E-state index in [9.17, 15) is 10.1 Å². The second kappa shape index (κ2) is 4.40. The summed E-state index contributed by atoms with van der Waals surface area (Å²) in [7, 11) is 0. The minimum Gasteiger partial charge on any atom is -0.258 e. The average Bonchev–Trinajstić information content (AvgIpc) is 2.15.